The van der Waals surface area contributed by atoms with Gasteiger partial charge in [-0.1, -0.05) is 30.3 Å². The number of carboxylic acids is 1. The Morgan fingerprint density at radius 1 is 1.18 bits per heavy atom. The minimum absolute atomic E-state index is 0.00452. The molecule has 0 saturated carbocycles. The van der Waals surface area contributed by atoms with Crippen molar-refractivity contribution in [1.29, 1.82) is 0 Å². The van der Waals surface area contributed by atoms with E-state index in [9.17, 15) is 23.1 Å². The minimum Gasteiger partial charge on any atom is -0.492 e. The number of nitrogens with two attached hydrogens (primary N) is 1. The smallest absolute Gasteiger partial charge is 0.306 e. The second kappa shape index (κ2) is 11.8. The van der Waals surface area contributed by atoms with Crippen LogP contribution in [0, 0.1) is 5.92 Å². The van der Waals surface area contributed by atoms with Crippen LogP contribution in [0.1, 0.15) is 41.4 Å². The third kappa shape index (κ3) is 6.40. The van der Waals surface area contributed by atoms with Crippen molar-refractivity contribution >= 4 is 44.6 Å². The van der Waals surface area contributed by atoms with Gasteiger partial charge >= 0.3 is 5.97 Å². The Hall–Kier alpha value is -3.70. The van der Waals surface area contributed by atoms with Gasteiger partial charge in [0.15, 0.2) is 5.78 Å². The number of nitrogens with one attached hydrogen (secondary N) is 1. The Balaban J connectivity index is 1.56. The van der Waals surface area contributed by atoms with Gasteiger partial charge in [-0.2, -0.15) is 0 Å². The summed E-state index contributed by atoms with van der Waals surface area (Å²) in [5, 5.41) is 11.2. The molecular formula is C27H29N3O6S2. The van der Waals surface area contributed by atoms with Crippen molar-refractivity contribution in [2.75, 3.05) is 17.9 Å². The summed E-state index contributed by atoms with van der Waals surface area (Å²) < 4.78 is 35.3. The van der Waals surface area contributed by atoms with E-state index in [1.54, 1.807) is 18.4 Å². The fourth-order valence-corrected chi connectivity index (χ4v) is 6.45. The van der Waals surface area contributed by atoms with Crippen LogP contribution in [0.4, 0.5) is 5.69 Å². The number of thiophene rings is 1. The first kappa shape index (κ1) is 27.3. The average molecular weight is 556 g/mol. The largest absolute Gasteiger partial charge is 0.492 e. The predicted octanol–water partition coefficient (Wildman–Crippen LogP) is 4.58. The summed E-state index contributed by atoms with van der Waals surface area (Å²) in [6.07, 6.45) is 1.05. The van der Waals surface area contributed by atoms with Gasteiger partial charge in [-0.15, -0.1) is 11.3 Å². The lowest BCUT2D eigenvalue weighted by molar-refractivity contribution is -0.141. The number of carbonyl (C=O) groups is 2. The highest BCUT2D eigenvalue weighted by atomic mass is 32.2. The summed E-state index contributed by atoms with van der Waals surface area (Å²) in [5.74, 6) is -1.73. The van der Waals surface area contributed by atoms with Crippen LogP contribution in [0.25, 0.3) is 11.1 Å². The molecule has 0 bridgehead atoms. The van der Waals surface area contributed by atoms with Gasteiger partial charge in [0.25, 0.3) is 10.0 Å². The van der Waals surface area contributed by atoms with E-state index >= 15 is 0 Å². The molecule has 2 aromatic carbocycles. The van der Waals surface area contributed by atoms with Gasteiger partial charge in [0, 0.05) is 19.4 Å². The third-order valence-corrected chi connectivity index (χ3v) is 8.49. The number of fused-ring (bicyclic) bond motifs is 1. The molecule has 0 radical (unpaired) electrons. The van der Waals surface area contributed by atoms with Crippen molar-refractivity contribution in [3.05, 3.63) is 64.4 Å². The maximum Gasteiger partial charge on any atom is 0.306 e. The van der Waals surface area contributed by atoms with Crippen LogP contribution in [0.3, 0.4) is 0 Å². The molecule has 1 atom stereocenters. The zero-order valence-corrected chi connectivity index (χ0v) is 22.5. The standard InChI is InChI=1S/C27H29N3O6S2/c1-17(28)29-11-5-8-20(27(32)33)15-23(31)26-22(10-13-37-26)30-38(34,35)24-16-21(18-6-3-2-4-7-18)14-19-9-12-36-25(19)24/h2-4,6-7,10,13-14,16,20,30H,5,8-9,11-12,15H2,1H3,(H2,28,29)(H,32,33)/t20-/m1/s1. The second-order valence-electron chi connectivity index (χ2n) is 9.02. The van der Waals surface area contributed by atoms with E-state index in [2.05, 4.69) is 9.71 Å². The summed E-state index contributed by atoms with van der Waals surface area (Å²) >= 11 is 1.07. The predicted molar refractivity (Wildman–Crippen MR) is 148 cm³/mol. The lowest BCUT2D eigenvalue weighted by Gasteiger charge is -2.15. The summed E-state index contributed by atoms with van der Waals surface area (Å²) in [5.41, 5.74) is 8.04. The first-order valence-electron chi connectivity index (χ1n) is 12.1. The van der Waals surface area contributed by atoms with Gasteiger partial charge < -0.3 is 15.6 Å². The highest BCUT2D eigenvalue weighted by Gasteiger charge is 2.29. The molecule has 9 nitrogen and oxygen atoms in total. The normalized spacial score (nSPS) is 14.0. The monoisotopic (exact) mass is 555 g/mol. The number of carbonyl (C=O) groups excluding carboxylic acids is 1. The molecule has 0 aliphatic carbocycles. The lowest BCUT2D eigenvalue weighted by atomic mass is 9.96. The van der Waals surface area contributed by atoms with E-state index in [4.69, 9.17) is 10.5 Å². The van der Waals surface area contributed by atoms with Gasteiger partial charge in [0.2, 0.25) is 0 Å². The van der Waals surface area contributed by atoms with Crippen molar-refractivity contribution < 1.29 is 27.9 Å². The summed E-state index contributed by atoms with van der Waals surface area (Å²) in [6, 6.07) is 14.5. The molecule has 0 unspecified atom stereocenters. The van der Waals surface area contributed by atoms with E-state index in [0.717, 1.165) is 28.0 Å². The number of anilines is 1. The summed E-state index contributed by atoms with van der Waals surface area (Å²) in [6.45, 7) is 2.40. The van der Waals surface area contributed by atoms with Crippen molar-refractivity contribution in [1.82, 2.24) is 0 Å². The van der Waals surface area contributed by atoms with Crippen LogP contribution in [0.2, 0.25) is 0 Å². The Bertz CT molecular complexity index is 1460. The number of nitrogens with zero attached hydrogens (tertiary/aromatic N) is 1. The van der Waals surface area contributed by atoms with Crippen LogP contribution >= 0.6 is 11.3 Å². The number of hydrogen-bond acceptors (Lipinski definition) is 7. The molecule has 38 heavy (non-hydrogen) atoms. The maximum absolute atomic E-state index is 13.6. The molecule has 0 amide bonds. The van der Waals surface area contributed by atoms with Gasteiger partial charge in [0.05, 0.1) is 28.9 Å². The molecule has 11 heteroatoms. The topological polar surface area (TPSA) is 148 Å². The van der Waals surface area contributed by atoms with E-state index in [-0.39, 0.29) is 28.3 Å². The Labute approximate surface area is 225 Å². The van der Waals surface area contributed by atoms with Crippen LogP contribution in [0.15, 0.2) is 63.8 Å². The van der Waals surface area contributed by atoms with Gasteiger partial charge in [-0.05, 0) is 60.0 Å². The molecular weight excluding hydrogens is 526 g/mol. The Morgan fingerprint density at radius 3 is 2.66 bits per heavy atom. The van der Waals surface area contributed by atoms with Gasteiger partial charge in [0.1, 0.15) is 10.6 Å². The van der Waals surface area contributed by atoms with Crippen LogP contribution < -0.4 is 15.2 Å². The maximum atomic E-state index is 13.6. The number of sulfonamides is 1. The number of benzene rings is 2. The van der Waals surface area contributed by atoms with Crippen molar-refractivity contribution in [3.8, 4) is 16.9 Å². The molecule has 1 aliphatic rings. The van der Waals surface area contributed by atoms with E-state index < -0.39 is 27.7 Å². The van der Waals surface area contributed by atoms with Crippen LogP contribution in [-0.2, 0) is 21.2 Å². The highest BCUT2D eigenvalue weighted by molar-refractivity contribution is 7.92. The van der Waals surface area contributed by atoms with E-state index in [0.29, 0.717) is 37.6 Å². The molecule has 200 valence electrons. The Kier molecular flexibility index (Phi) is 8.48. The number of aliphatic carboxylic acids is 1. The van der Waals surface area contributed by atoms with Crippen molar-refractivity contribution in [3.63, 3.8) is 0 Å². The number of Topliss-reactive ketones (excluding diaryl/α,β-unsaturated/α-hetero) is 1. The first-order chi connectivity index (χ1) is 18.2. The van der Waals surface area contributed by atoms with Crippen LogP contribution in [-0.4, -0.2) is 44.3 Å². The zero-order valence-electron chi connectivity index (χ0n) is 20.8. The van der Waals surface area contributed by atoms with E-state index in [1.165, 1.54) is 6.07 Å². The minimum atomic E-state index is -4.13. The number of carboxylic acid groups (broad SMARTS) is 1. The molecule has 1 aliphatic heterocycles. The summed E-state index contributed by atoms with van der Waals surface area (Å²) in [4.78, 5) is 29.0. The van der Waals surface area contributed by atoms with Gasteiger partial charge in [-0.3, -0.25) is 19.3 Å². The molecule has 3 aromatic rings. The SMILES string of the molecule is CC(N)=NCCC[C@H](CC(=O)c1sccc1NS(=O)(=O)c1cc(-c2ccccc2)cc2c1OCC2)C(=O)O. The van der Waals surface area contributed by atoms with Crippen LogP contribution in [0.5, 0.6) is 5.75 Å². The highest BCUT2D eigenvalue weighted by Crippen LogP contribution is 2.39. The number of ether oxygens (including phenoxy) is 1. The van der Waals surface area contributed by atoms with Gasteiger partial charge in [-0.25, -0.2) is 8.42 Å². The number of hydrogen-bond donors (Lipinski definition) is 3. The molecule has 1 aromatic heterocycles. The Morgan fingerprint density at radius 2 is 1.95 bits per heavy atom. The number of aliphatic imine (C=N–C) groups is 1. The third-order valence-electron chi connectivity index (χ3n) is 6.16. The number of rotatable bonds is 12. The molecule has 0 fully saturated rings. The fraction of sp³-hybridized carbons (Fsp3) is 0.296. The summed E-state index contributed by atoms with van der Waals surface area (Å²) in [7, 11) is -4.13. The van der Waals surface area contributed by atoms with E-state index in [1.807, 2.05) is 36.4 Å². The second-order valence-corrected chi connectivity index (χ2v) is 11.6. The number of amidine groups is 1. The molecule has 0 spiro atoms. The van der Waals surface area contributed by atoms with Crippen molar-refractivity contribution in [2.24, 2.45) is 16.6 Å². The first-order valence-corrected chi connectivity index (χ1v) is 14.5. The molecule has 2 heterocycles. The molecule has 0 saturated heterocycles. The molecule has 4 N–H and O–H groups in total. The quantitative estimate of drug-likeness (QED) is 0.128. The number of ketones is 1. The lowest BCUT2D eigenvalue weighted by Crippen LogP contribution is -2.20. The van der Waals surface area contributed by atoms with Crippen molar-refractivity contribution in [2.45, 2.75) is 37.5 Å². The zero-order chi connectivity index (χ0) is 27.3. The fourth-order valence-electron chi connectivity index (χ4n) is 4.30. The average Bonchev–Trinajstić information content (AvgIpc) is 3.54. The molecule has 4 rings (SSSR count).